The SMILES string of the molecule is CCNC(=NCCCc1cccc(F)c1)NC1CCN(c2ncccc2F)C1.I. The van der Waals surface area contributed by atoms with Crippen molar-refractivity contribution < 1.29 is 8.78 Å². The summed E-state index contributed by atoms with van der Waals surface area (Å²) >= 11 is 0. The molecule has 1 fully saturated rings. The topological polar surface area (TPSA) is 52.6 Å². The van der Waals surface area contributed by atoms with Gasteiger partial charge in [0.15, 0.2) is 17.6 Å². The lowest BCUT2D eigenvalue weighted by Gasteiger charge is -2.20. The van der Waals surface area contributed by atoms with Crippen LogP contribution in [-0.2, 0) is 6.42 Å². The summed E-state index contributed by atoms with van der Waals surface area (Å²) in [5, 5.41) is 6.68. The number of aromatic nitrogens is 1. The van der Waals surface area contributed by atoms with E-state index < -0.39 is 0 Å². The second kappa shape index (κ2) is 11.9. The summed E-state index contributed by atoms with van der Waals surface area (Å²) in [5.41, 5.74) is 0.983. The zero-order valence-corrected chi connectivity index (χ0v) is 18.9. The molecule has 0 amide bonds. The van der Waals surface area contributed by atoms with Crippen LogP contribution in [0, 0.1) is 11.6 Å². The Kier molecular flexibility index (Phi) is 9.56. The molecule has 5 nitrogen and oxygen atoms in total. The molecule has 1 saturated heterocycles. The maximum Gasteiger partial charge on any atom is 0.191 e. The van der Waals surface area contributed by atoms with Crippen LogP contribution in [0.2, 0.25) is 0 Å². The average Bonchev–Trinajstić information content (AvgIpc) is 3.14. The number of hydrogen-bond donors (Lipinski definition) is 2. The van der Waals surface area contributed by atoms with E-state index in [1.54, 1.807) is 24.4 Å². The Morgan fingerprint density at radius 3 is 2.90 bits per heavy atom. The van der Waals surface area contributed by atoms with Crippen LogP contribution in [0.4, 0.5) is 14.6 Å². The van der Waals surface area contributed by atoms with Gasteiger partial charge in [-0.25, -0.2) is 13.8 Å². The van der Waals surface area contributed by atoms with Gasteiger partial charge in [-0.2, -0.15) is 0 Å². The van der Waals surface area contributed by atoms with Crippen LogP contribution < -0.4 is 15.5 Å². The standard InChI is InChI=1S/C21H27F2N5.HI/c1-2-24-21(26-12-4-7-16-6-3-8-17(22)14-16)27-18-10-13-28(15-18)20-19(23)9-5-11-25-20;/h3,5-6,8-9,11,14,18H,2,4,7,10,12-13,15H2,1H3,(H2,24,26,27);1H. The summed E-state index contributed by atoms with van der Waals surface area (Å²) in [6, 6.07) is 9.91. The molecule has 29 heavy (non-hydrogen) atoms. The number of anilines is 1. The first-order valence-electron chi connectivity index (χ1n) is 9.80. The summed E-state index contributed by atoms with van der Waals surface area (Å²) in [7, 11) is 0. The Hall–Kier alpha value is -1.97. The van der Waals surface area contributed by atoms with Crippen molar-refractivity contribution in [3.63, 3.8) is 0 Å². The molecule has 158 valence electrons. The van der Waals surface area contributed by atoms with Gasteiger partial charge >= 0.3 is 0 Å². The van der Waals surface area contributed by atoms with Crippen LogP contribution in [0.1, 0.15) is 25.3 Å². The molecular weight excluding hydrogens is 487 g/mol. The Labute approximate surface area is 188 Å². The number of benzene rings is 1. The van der Waals surface area contributed by atoms with E-state index in [4.69, 9.17) is 0 Å². The molecule has 2 N–H and O–H groups in total. The molecule has 1 aliphatic rings. The molecule has 1 aliphatic heterocycles. The van der Waals surface area contributed by atoms with Crippen molar-refractivity contribution in [1.82, 2.24) is 15.6 Å². The van der Waals surface area contributed by atoms with Gasteiger partial charge in [0.25, 0.3) is 0 Å². The molecule has 1 atom stereocenters. The lowest BCUT2D eigenvalue weighted by molar-refractivity contribution is 0.612. The number of aryl methyl sites for hydroxylation is 1. The molecule has 0 saturated carbocycles. The molecule has 8 heteroatoms. The number of aliphatic imine (C=N–C) groups is 1. The average molecular weight is 515 g/mol. The number of nitrogens with one attached hydrogen (secondary N) is 2. The highest BCUT2D eigenvalue weighted by Crippen LogP contribution is 2.20. The lowest BCUT2D eigenvalue weighted by atomic mass is 10.1. The molecule has 2 aromatic rings. The zero-order chi connectivity index (χ0) is 19.8. The van der Waals surface area contributed by atoms with Crippen LogP contribution in [0.15, 0.2) is 47.6 Å². The van der Waals surface area contributed by atoms with Crippen molar-refractivity contribution in [2.24, 2.45) is 4.99 Å². The third kappa shape index (κ3) is 7.09. The van der Waals surface area contributed by atoms with Crippen LogP contribution in [0.3, 0.4) is 0 Å². The Morgan fingerprint density at radius 1 is 1.28 bits per heavy atom. The minimum atomic E-state index is -0.291. The van der Waals surface area contributed by atoms with Crippen molar-refractivity contribution in [3.8, 4) is 0 Å². The van der Waals surface area contributed by atoms with Gasteiger partial charge in [-0.05, 0) is 56.0 Å². The molecule has 0 bridgehead atoms. The first-order valence-corrected chi connectivity index (χ1v) is 9.80. The molecular formula is C21H28F2IN5. The van der Waals surface area contributed by atoms with E-state index in [0.29, 0.717) is 18.9 Å². The van der Waals surface area contributed by atoms with Crippen molar-refractivity contribution in [3.05, 3.63) is 59.8 Å². The summed E-state index contributed by atoms with van der Waals surface area (Å²) in [6.07, 6.45) is 4.14. The number of rotatable bonds is 7. The number of nitrogens with zero attached hydrogens (tertiary/aromatic N) is 3. The fourth-order valence-electron chi connectivity index (χ4n) is 3.36. The first kappa shape index (κ1) is 23.3. The predicted octanol–water partition coefficient (Wildman–Crippen LogP) is 3.74. The van der Waals surface area contributed by atoms with Crippen molar-refractivity contribution in [2.75, 3.05) is 31.1 Å². The summed E-state index contributed by atoms with van der Waals surface area (Å²) in [6.45, 7) is 4.87. The van der Waals surface area contributed by atoms with Crippen molar-refractivity contribution >= 4 is 35.8 Å². The molecule has 0 spiro atoms. The van der Waals surface area contributed by atoms with Crippen LogP contribution in [0.5, 0.6) is 0 Å². The van der Waals surface area contributed by atoms with E-state index in [0.717, 1.165) is 43.9 Å². The van der Waals surface area contributed by atoms with Crippen LogP contribution >= 0.6 is 24.0 Å². The molecule has 0 aliphatic carbocycles. The highest BCUT2D eigenvalue weighted by molar-refractivity contribution is 14.0. The molecule has 3 rings (SSSR count). The third-order valence-electron chi connectivity index (χ3n) is 4.69. The second-order valence-corrected chi connectivity index (χ2v) is 6.88. The van der Waals surface area contributed by atoms with E-state index in [9.17, 15) is 8.78 Å². The van der Waals surface area contributed by atoms with Crippen molar-refractivity contribution in [1.29, 1.82) is 0 Å². The van der Waals surface area contributed by atoms with E-state index in [-0.39, 0.29) is 41.7 Å². The summed E-state index contributed by atoms with van der Waals surface area (Å²) in [4.78, 5) is 10.7. The fourth-order valence-corrected chi connectivity index (χ4v) is 3.36. The summed E-state index contributed by atoms with van der Waals surface area (Å²) < 4.78 is 27.2. The van der Waals surface area contributed by atoms with Crippen LogP contribution in [-0.4, -0.2) is 43.2 Å². The maximum atomic E-state index is 13.9. The van der Waals surface area contributed by atoms with Gasteiger partial charge in [-0.15, -0.1) is 24.0 Å². The molecule has 1 aromatic carbocycles. The largest absolute Gasteiger partial charge is 0.357 e. The molecule has 1 unspecified atom stereocenters. The Balaban J connectivity index is 0.00000300. The van der Waals surface area contributed by atoms with Crippen molar-refractivity contribution in [2.45, 2.75) is 32.2 Å². The number of halogens is 3. The van der Waals surface area contributed by atoms with E-state index in [1.807, 2.05) is 17.9 Å². The Morgan fingerprint density at radius 2 is 2.14 bits per heavy atom. The lowest BCUT2D eigenvalue weighted by Crippen LogP contribution is -2.44. The van der Waals surface area contributed by atoms with E-state index in [1.165, 1.54) is 12.1 Å². The normalized spacial score (nSPS) is 16.4. The van der Waals surface area contributed by atoms with Gasteiger partial charge in [-0.1, -0.05) is 12.1 Å². The maximum absolute atomic E-state index is 13.9. The summed E-state index contributed by atoms with van der Waals surface area (Å²) in [5.74, 6) is 0.672. The Bertz CT molecular complexity index is 802. The number of pyridine rings is 1. The third-order valence-corrected chi connectivity index (χ3v) is 4.69. The van der Waals surface area contributed by atoms with E-state index in [2.05, 4.69) is 20.6 Å². The first-order chi connectivity index (χ1) is 13.7. The van der Waals surface area contributed by atoms with Gasteiger partial charge in [0.05, 0.1) is 0 Å². The van der Waals surface area contributed by atoms with E-state index >= 15 is 0 Å². The minimum Gasteiger partial charge on any atom is -0.357 e. The second-order valence-electron chi connectivity index (χ2n) is 6.88. The highest BCUT2D eigenvalue weighted by Gasteiger charge is 2.25. The quantitative estimate of drug-likeness (QED) is 0.256. The van der Waals surface area contributed by atoms with Gasteiger partial charge in [0, 0.05) is 38.4 Å². The van der Waals surface area contributed by atoms with Gasteiger partial charge < -0.3 is 15.5 Å². The molecule has 2 heterocycles. The smallest absolute Gasteiger partial charge is 0.191 e. The van der Waals surface area contributed by atoms with Crippen LogP contribution in [0.25, 0.3) is 0 Å². The van der Waals surface area contributed by atoms with Gasteiger partial charge in [0.1, 0.15) is 5.82 Å². The zero-order valence-electron chi connectivity index (χ0n) is 16.6. The monoisotopic (exact) mass is 515 g/mol. The number of guanidine groups is 1. The van der Waals surface area contributed by atoms with Gasteiger partial charge in [-0.3, -0.25) is 4.99 Å². The number of hydrogen-bond acceptors (Lipinski definition) is 3. The predicted molar refractivity (Wildman–Crippen MR) is 124 cm³/mol. The molecule has 0 radical (unpaired) electrons. The molecule has 1 aromatic heterocycles. The highest BCUT2D eigenvalue weighted by atomic mass is 127. The minimum absolute atomic E-state index is 0. The van der Waals surface area contributed by atoms with Gasteiger partial charge in [0.2, 0.25) is 0 Å². The fraction of sp³-hybridized carbons (Fsp3) is 0.429.